The van der Waals surface area contributed by atoms with Gasteiger partial charge in [0.2, 0.25) is 5.91 Å². The number of rotatable bonds is 5. The van der Waals surface area contributed by atoms with Gasteiger partial charge in [-0.25, -0.2) is 4.98 Å². The second kappa shape index (κ2) is 9.30. The quantitative estimate of drug-likeness (QED) is 0.782. The number of aryl methyl sites for hydroxylation is 1. The van der Waals surface area contributed by atoms with E-state index in [-0.39, 0.29) is 23.5 Å². The molecule has 1 aromatic carbocycles. The van der Waals surface area contributed by atoms with Gasteiger partial charge >= 0.3 is 0 Å². The molecule has 0 spiro atoms. The van der Waals surface area contributed by atoms with E-state index in [4.69, 9.17) is 0 Å². The first-order chi connectivity index (χ1) is 15.4. The van der Waals surface area contributed by atoms with E-state index in [2.05, 4.69) is 15.4 Å². The number of anilines is 2. The number of carbonyl (C=O) groups is 3. The predicted octanol–water partition coefficient (Wildman–Crippen LogP) is 2.79. The highest BCUT2D eigenvalue weighted by Gasteiger charge is 2.37. The van der Waals surface area contributed by atoms with Crippen molar-refractivity contribution < 1.29 is 14.4 Å². The summed E-state index contributed by atoms with van der Waals surface area (Å²) in [4.78, 5) is 43.8. The molecule has 2 aliphatic heterocycles. The van der Waals surface area contributed by atoms with Gasteiger partial charge in [-0.1, -0.05) is 18.2 Å². The monoisotopic (exact) mass is 433 g/mol. The van der Waals surface area contributed by atoms with Gasteiger partial charge in [-0.3, -0.25) is 19.4 Å². The number of likely N-dealkylation sites (tertiary alicyclic amines) is 1. The summed E-state index contributed by atoms with van der Waals surface area (Å²) in [5, 5.41) is 9.02. The maximum Gasteiger partial charge on any atom is 0.270 e. The van der Waals surface area contributed by atoms with E-state index in [1.165, 1.54) is 6.92 Å². The van der Waals surface area contributed by atoms with Crippen LogP contribution in [-0.2, 0) is 14.4 Å². The minimum absolute atomic E-state index is 0.0273. The van der Waals surface area contributed by atoms with Crippen molar-refractivity contribution in [2.75, 3.05) is 23.4 Å². The van der Waals surface area contributed by atoms with Crippen LogP contribution < -0.4 is 10.3 Å². The lowest BCUT2D eigenvalue weighted by atomic mass is 9.95. The van der Waals surface area contributed by atoms with E-state index in [1.54, 1.807) is 16.1 Å². The number of ketones is 1. The zero-order chi connectivity index (χ0) is 22.7. The maximum atomic E-state index is 13.1. The fourth-order valence-corrected chi connectivity index (χ4v) is 4.13. The minimum atomic E-state index is -0.471. The molecule has 4 rings (SSSR count). The van der Waals surface area contributed by atoms with E-state index >= 15 is 0 Å². The minimum Gasteiger partial charge on any atom is -0.337 e. The van der Waals surface area contributed by atoms with E-state index in [0.29, 0.717) is 43.9 Å². The van der Waals surface area contributed by atoms with E-state index in [9.17, 15) is 14.4 Å². The summed E-state index contributed by atoms with van der Waals surface area (Å²) >= 11 is 0. The second-order valence-electron chi connectivity index (χ2n) is 8.33. The summed E-state index contributed by atoms with van der Waals surface area (Å²) < 4.78 is 0. The van der Waals surface area contributed by atoms with E-state index in [0.717, 1.165) is 11.3 Å². The summed E-state index contributed by atoms with van der Waals surface area (Å²) in [6, 6.07) is 12.6. The van der Waals surface area contributed by atoms with Crippen LogP contribution in [0.5, 0.6) is 0 Å². The molecule has 1 fully saturated rings. The second-order valence-corrected chi connectivity index (χ2v) is 8.33. The van der Waals surface area contributed by atoms with Gasteiger partial charge in [-0.2, -0.15) is 5.10 Å². The highest BCUT2D eigenvalue weighted by molar-refractivity contribution is 6.40. The van der Waals surface area contributed by atoms with Gasteiger partial charge in [0, 0.05) is 31.6 Å². The zero-order valence-corrected chi connectivity index (χ0v) is 18.3. The lowest BCUT2D eigenvalue weighted by Crippen LogP contribution is -2.44. The number of piperidine rings is 1. The van der Waals surface area contributed by atoms with Crippen LogP contribution in [0.1, 0.15) is 31.7 Å². The Balaban J connectivity index is 1.37. The average Bonchev–Trinajstić information content (AvgIpc) is 3.25. The van der Waals surface area contributed by atoms with Gasteiger partial charge < -0.3 is 10.2 Å². The molecule has 1 saturated heterocycles. The molecule has 32 heavy (non-hydrogen) atoms. The SMILES string of the molecule is CC(=O)C1CC(C(=O)N2CCC(C(=O)Nc3cc(C)ccn3)CC2)=NN1c1ccccc1. The third-order valence-electron chi connectivity index (χ3n) is 5.97. The van der Waals surface area contributed by atoms with Crippen LogP contribution >= 0.6 is 0 Å². The molecule has 0 aliphatic carbocycles. The molecule has 166 valence electrons. The molecule has 0 radical (unpaired) electrons. The Morgan fingerprint density at radius 3 is 2.44 bits per heavy atom. The lowest BCUT2D eigenvalue weighted by Gasteiger charge is -2.31. The van der Waals surface area contributed by atoms with Crippen molar-refractivity contribution in [1.82, 2.24) is 9.88 Å². The van der Waals surface area contributed by atoms with Crippen molar-refractivity contribution in [2.45, 2.75) is 39.2 Å². The van der Waals surface area contributed by atoms with Gasteiger partial charge in [0.05, 0.1) is 5.69 Å². The molecule has 0 saturated carbocycles. The lowest BCUT2D eigenvalue weighted by molar-refractivity contribution is -0.128. The molecule has 3 heterocycles. The van der Waals surface area contributed by atoms with Crippen molar-refractivity contribution in [1.29, 1.82) is 0 Å². The highest BCUT2D eigenvalue weighted by Crippen LogP contribution is 2.27. The summed E-state index contributed by atoms with van der Waals surface area (Å²) in [7, 11) is 0. The van der Waals surface area contributed by atoms with Crippen molar-refractivity contribution in [2.24, 2.45) is 11.0 Å². The summed E-state index contributed by atoms with van der Waals surface area (Å²) in [6.07, 6.45) is 3.12. The summed E-state index contributed by atoms with van der Waals surface area (Å²) in [5.74, 6) is 0.123. The number of para-hydroxylation sites is 1. The van der Waals surface area contributed by atoms with E-state index in [1.807, 2.05) is 49.4 Å². The molecular weight excluding hydrogens is 406 g/mol. The van der Waals surface area contributed by atoms with Crippen molar-refractivity contribution in [3.8, 4) is 0 Å². The molecule has 8 nitrogen and oxygen atoms in total. The largest absolute Gasteiger partial charge is 0.337 e. The number of hydrogen-bond acceptors (Lipinski definition) is 6. The third-order valence-corrected chi connectivity index (χ3v) is 5.97. The Kier molecular flexibility index (Phi) is 6.30. The number of hydrazone groups is 1. The number of amides is 2. The topological polar surface area (TPSA) is 95.0 Å². The van der Waals surface area contributed by atoms with Crippen LogP contribution in [0.4, 0.5) is 11.5 Å². The van der Waals surface area contributed by atoms with Crippen LogP contribution in [0.3, 0.4) is 0 Å². The van der Waals surface area contributed by atoms with Crippen molar-refractivity contribution in [3.05, 3.63) is 54.2 Å². The van der Waals surface area contributed by atoms with Crippen molar-refractivity contribution >= 4 is 34.8 Å². The standard InChI is InChI=1S/C24H27N5O3/c1-16-8-11-25-22(14-16)26-23(31)18-9-12-28(13-10-18)24(32)20-15-21(17(2)30)29(27-20)19-6-4-3-5-7-19/h3-8,11,14,18,21H,9-10,12-13,15H2,1-2H3,(H,25,26,31). The number of aromatic nitrogens is 1. The molecule has 1 unspecified atom stereocenters. The molecular formula is C24H27N5O3. The Morgan fingerprint density at radius 2 is 1.78 bits per heavy atom. The van der Waals surface area contributed by atoms with E-state index < -0.39 is 6.04 Å². The number of benzene rings is 1. The summed E-state index contributed by atoms with van der Waals surface area (Å²) in [5.41, 5.74) is 2.21. The first-order valence-corrected chi connectivity index (χ1v) is 10.9. The first kappa shape index (κ1) is 21.7. The Hall–Kier alpha value is -3.55. The smallest absolute Gasteiger partial charge is 0.270 e. The number of hydrogen-bond donors (Lipinski definition) is 1. The number of pyridine rings is 1. The normalized spacial score (nSPS) is 18.9. The van der Waals surface area contributed by atoms with Crippen LogP contribution in [0.25, 0.3) is 0 Å². The molecule has 2 aliphatic rings. The number of nitrogens with zero attached hydrogens (tertiary/aromatic N) is 4. The molecule has 0 bridgehead atoms. The number of carbonyl (C=O) groups excluding carboxylic acids is 3. The first-order valence-electron chi connectivity index (χ1n) is 10.9. The van der Waals surface area contributed by atoms with Gasteiger partial charge in [0.25, 0.3) is 5.91 Å². The Labute approximate surface area is 187 Å². The van der Waals surface area contributed by atoms with Gasteiger partial charge in [-0.15, -0.1) is 0 Å². The third kappa shape index (κ3) is 4.69. The fraction of sp³-hybridized carbons (Fsp3) is 0.375. The predicted molar refractivity (Wildman–Crippen MR) is 122 cm³/mol. The zero-order valence-electron chi connectivity index (χ0n) is 18.3. The maximum absolute atomic E-state index is 13.1. The molecule has 1 aromatic heterocycles. The molecule has 2 aromatic rings. The molecule has 2 amide bonds. The van der Waals surface area contributed by atoms with Gasteiger partial charge in [0.15, 0.2) is 5.78 Å². The van der Waals surface area contributed by atoms with Crippen LogP contribution in [0.15, 0.2) is 53.8 Å². The van der Waals surface area contributed by atoms with Crippen LogP contribution in [0, 0.1) is 12.8 Å². The Morgan fingerprint density at radius 1 is 1.06 bits per heavy atom. The molecule has 1 atom stereocenters. The molecule has 1 N–H and O–H groups in total. The van der Waals surface area contributed by atoms with Crippen LogP contribution in [-0.4, -0.2) is 52.3 Å². The number of Topliss-reactive ketones (excluding diaryl/α,β-unsaturated/α-hetero) is 1. The van der Waals surface area contributed by atoms with Crippen LogP contribution in [0.2, 0.25) is 0 Å². The molecule has 8 heteroatoms. The Bertz CT molecular complexity index is 1040. The highest BCUT2D eigenvalue weighted by atomic mass is 16.2. The fourth-order valence-electron chi connectivity index (χ4n) is 4.13. The van der Waals surface area contributed by atoms with Gasteiger partial charge in [0.1, 0.15) is 17.6 Å². The number of nitrogens with one attached hydrogen (secondary N) is 1. The average molecular weight is 434 g/mol. The van der Waals surface area contributed by atoms with Gasteiger partial charge in [-0.05, 0) is 56.5 Å². The van der Waals surface area contributed by atoms with Crippen molar-refractivity contribution in [3.63, 3.8) is 0 Å². The summed E-state index contributed by atoms with van der Waals surface area (Å²) in [6.45, 7) is 4.43.